The van der Waals surface area contributed by atoms with Gasteiger partial charge < -0.3 is 26.2 Å². The van der Waals surface area contributed by atoms with Gasteiger partial charge in [-0.15, -0.1) is 0 Å². The van der Waals surface area contributed by atoms with Crippen LogP contribution < -0.4 is 11.1 Å². The number of phosphoric acid groups is 1. The summed E-state index contributed by atoms with van der Waals surface area (Å²) < 4.78 is 22.0. The average molecular weight is 691 g/mol. The molecule has 280 valence electrons. The fourth-order valence-corrected chi connectivity index (χ4v) is 6.46. The lowest BCUT2D eigenvalue weighted by Gasteiger charge is -2.25. The van der Waals surface area contributed by atoms with E-state index >= 15 is 0 Å². The lowest BCUT2D eigenvalue weighted by molar-refractivity contribution is -0.125. The zero-order valence-corrected chi connectivity index (χ0v) is 31.3. The number of carbonyl (C=O) groups excluding carboxylic acids is 1. The SMILES string of the molecule is CCCCCCCCC/C=C\CCCCCC(O)CC(=O)NC(COP(=O)(O)OCCN)C(O)CCCCCCCCCCCCC. The van der Waals surface area contributed by atoms with Gasteiger partial charge in [-0.05, 0) is 38.5 Å². The first-order valence-corrected chi connectivity index (χ1v) is 20.9. The lowest BCUT2D eigenvalue weighted by atomic mass is 10.0. The van der Waals surface area contributed by atoms with Crippen molar-refractivity contribution in [1.29, 1.82) is 0 Å². The molecule has 1 amide bonds. The summed E-state index contributed by atoms with van der Waals surface area (Å²) >= 11 is 0. The van der Waals surface area contributed by atoms with Crippen LogP contribution in [0.25, 0.3) is 0 Å². The van der Waals surface area contributed by atoms with Gasteiger partial charge in [0.15, 0.2) is 0 Å². The molecular formula is C37H75N2O7P. The number of rotatable bonds is 36. The second-order valence-electron chi connectivity index (χ2n) is 13.3. The smallest absolute Gasteiger partial charge is 0.393 e. The van der Waals surface area contributed by atoms with Crippen molar-refractivity contribution in [2.24, 2.45) is 5.73 Å². The highest BCUT2D eigenvalue weighted by molar-refractivity contribution is 7.47. The molecule has 0 rings (SSSR count). The number of unbranched alkanes of at least 4 members (excludes halogenated alkanes) is 20. The predicted molar refractivity (Wildman–Crippen MR) is 195 cm³/mol. The van der Waals surface area contributed by atoms with Crippen molar-refractivity contribution in [2.75, 3.05) is 19.8 Å². The average Bonchev–Trinajstić information content (AvgIpc) is 3.04. The predicted octanol–water partition coefficient (Wildman–Crippen LogP) is 9.02. The van der Waals surface area contributed by atoms with Crippen molar-refractivity contribution < 1.29 is 33.5 Å². The van der Waals surface area contributed by atoms with E-state index in [-0.39, 0.29) is 26.2 Å². The molecule has 0 aromatic carbocycles. The highest BCUT2D eigenvalue weighted by Crippen LogP contribution is 2.43. The third-order valence-corrected chi connectivity index (χ3v) is 9.66. The van der Waals surface area contributed by atoms with Crippen molar-refractivity contribution in [3.05, 3.63) is 12.2 Å². The van der Waals surface area contributed by atoms with Crippen molar-refractivity contribution in [3.8, 4) is 0 Å². The summed E-state index contributed by atoms with van der Waals surface area (Å²) in [5, 5.41) is 24.0. The number of aliphatic hydroxyl groups is 2. The molecule has 0 saturated carbocycles. The molecule has 4 atom stereocenters. The molecule has 0 aliphatic carbocycles. The Kier molecular flexibility index (Phi) is 33.1. The normalized spacial score (nSPS) is 15.1. The summed E-state index contributed by atoms with van der Waals surface area (Å²) in [6.45, 7) is 4.01. The molecule has 0 bridgehead atoms. The van der Waals surface area contributed by atoms with Crippen molar-refractivity contribution in [3.63, 3.8) is 0 Å². The molecule has 0 radical (unpaired) electrons. The van der Waals surface area contributed by atoms with Crippen LogP contribution in [0.3, 0.4) is 0 Å². The minimum atomic E-state index is -4.37. The number of allylic oxidation sites excluding steroid dienone is 2. The molecule has 4 unspecified atom stereocenters. The monoisotopic (exact) mass is 691 g/mol. The van der Waals surface area contributed by atoms with Crippen LogP contribution in [0.1, 0.15) is 181 Å². The van der Waals surface area contributed by atoms with Gasteiger partial charge in [-0.1, -0.05) is 148 Å². The van der Waals surface area contributed by atoms with Crippen LogP contribution >= 0.6 is 7.82 Å². The van der Waals surface area contributed by atoms with Gasteiger partial charge in [0.05, 0.1) is 37.9 Å². The van der Waals surface area contributed by atoms with Gasteiger partial charge in [0.25, 0.3) is 0 Å². The van der Waals surface area contributed by atoms with Gasteiger partial charge in [0.1, 0.15) is 0 Å². The van der Waals surface area contributed by atoms with Gasteiger partial charge in [0, 0.05) is 6.54 Å². The van der Waals surface area contributed by atoms with Gasteiger partial charge in [-0.2, -0.15) is 0 Å². The Balaban J connectivity index is 4.36. The van der Waals surface area contributed by atoms with Crippen LogP contribution in [0.15, 0.2) is 12.2 Å². The van der Waals surface area contributed by atoms with Crippen molar-refractivity contribution >= 4 is 13.7 Å². The number of hydrogen-bond acceptors (Lipinski definition) is 7. The van der Waals surface area contributed by atoms with Crippen LogP contribution in [-0.2, 0) is 18.4 Å². The van der Waals surface area contributed by atoms with E-state index in [0.29, 0.717) is 12.8 Å². The van der Waals surface area contributed by atoms with Gasteiger partial charge >= 0.3 is 7.82 Å². The summed E-state index contributed by atoms with van der Waals surface area (Å²) in [5.74, 6) is -0.423. The van der Waals surface area contributed by atoms with E-state index in [0.717, 1.165) is 51.4 Å². The number of amides is 1. The lowest BCUT2D eigenvalue weighted by Crippen LogP contribution is -2.47. The Morgan fingerprint density at radius 2 is 1.15 bits per heavy atom. The topological polar surface area (TPSA) is 151 Å². The Morgan fingerprint density at radius 3 is 1.66 bits per heavy atom. The maximum Gasteiger partial charge on any atom is 0.472 e. The van der Waals surface area contributed by atoms with Gasteiger partial charge in [-0.3, -0.25) is 13.8 Å². The molecule has 0 heterocycles. The van der Waals surface area contributed by atoms with Gasteiger partial charge in [0.2, 0.25) is 5.91 Å². The zero-order chi connectivity index (χ0) is 34.9. The number of aliphatic hydroxyl groups excluding tert-OH is 2. The maximum absolute atomic E-state index is 12.7. The third-order valence-electron chi connectivity index (χ3n) is 8.67. The molecule has 0 aliphatic heterocycles. The minimum Gasteiger partial charge on any atom is -0.393 e. The highest BCUT2D eigenvalue weighted by atomic mass is 31.2. The summed E-state index contributed by atoms with van der Waals surface area (Å²) in [7, 11) is -4.37. The molecule has 0 aromatic heterocycles. The summed E-state index contributed by atoms with van der Waals surface area (Å²) in [5.41, 5.74) is 5.35. The number of nitrogens with one attached hydrogen (secondary N) is 1. The second-order valence-corrected chi connectivity index (χ2v) is 14.8. The van der Waals surface area contributed by atoms with E-state index in [1.807, 2.05) is 0 Å². The molecule has 9 nitrogen and oxygen atoms in total. The maximum atomic E-state index is 12.7. The first-order chi connectivity index (χ1) is 22.8. The number of hydrogen-bond donors (Lipinski definition) is 5. The van der Waals surface area contributed by atoms with Crippen LogP contribution in [0.2, 0.25) is 0 Å². The van der Waals surface area contributed by atoms with E-state index in [1.165, 1.54) is 96.3 Å². The van der Waals surface area contributed by atoms with E-state index in [1.54, 1.807) is 0 Å². The molecule has 0 fully saturated rings. The molecule has 47 heavy (non-hydrogen) atoms. The first kappa shape index (κ1) is 46.2. The number of phosphoric ester groups is 1. The fourth-order valence-electron chi connectivity index (χ4n) is 5.70. The van der Waals surface area contributed by atoms with Crippen LogP contribution in [-0.4, -0.2) is 59.0 Å². The van der Waals surface area contributed by atoms with Crippen LogP contribution in [0, 0.1) is 0 Å². The van der Waals surface area contributed by atoms with E-state index in [9.17, 15) is 24.5 Å². The molecule has 10 heteroatoms. The molecule has 0 spiro atoms. The molecular weight excluding hydrogens is 615 g/mol. The van der Waals surface area contributed by atoms with Crippen molar-refractivity contribution in [1.82, 2.24) is 5.32 Å². The highest BCUT2D eigenvalue weighted by Gasteiger charge is 2.28. The molecule has 0 saturated heterocycles. The third kappa shape index (κ3) is 32.2. The number of nitrogens with two attached hydrogens (primary N) is 1. The zero-order valence-electron chi connectivity index (χ0n) is 30.4. The van der Waals surface area contributed by atoms with Crippen LogP contribution in [0.5, 0.6) is 0 Å². The number of carbonyl (C=O) groups is 1. The van der Waals surface area contributed by atoms with E-state index in [4.69, 9.17) is 14.8 Å². The summed E-state index contributed by atoms with van der Waals surface area (Å²) in [4.78, 5) is 22.7. The van der Waals surface area contributed by atoms with E-state index in [2.05, 4.69) is 31.3 Å². The standard InChI is InChI=1S/C37H75N2O7P/c1-3-5-7-9-11-13-15-16-17-19-20-22-24-26-28-34(40)32-37(42)39-35(33-46-47(43,44)45-31-30-38)36(41)29-27-25-23-21-18-14-12-10-8-6-4-2/h17,19,34-36,40-41H,3-16,18,20-33,38H2,1-2H3,(H,39,42)(H,43,44)/b19-17-. The first-order valence-electron chi connectivity index (χ1n) is 19.4. The fraction of sp³-hybridized carbons (Fsp3) is 0.919. The van der Waals surface area contributed by atoms with Crippen molar-refractivity contribution in [2.45, 2.75) is 199 Å². The Morgan fingerprint density at radius 1 is 0.702 bits per heavy atom. The quantitative estimate of drug-likeness (QED) is 0.0248. The summed E-state index contributed by atoms with van der Waals surface area (Å²) in [6, 6.07) is -0.896. The largest absolute Gasteiger partial charge is 0.472 e. The Labute approximate surface area is 288 Å². The molecule has 6 N–H and O–H groups in total. The Bertz CT molecular complexity index is 771. The minimum absolute atomic E-state index is 0.0590. The molecule has 0 aromatic rings. The Hall–Kier alpha value is -0.800. The van der Waals surface area contributed by atoms with Crippen LogP contribution in [0.4, 0.5) is 0 Å². The van der Waals surface area contributed by atoms with E-state index < -0.39 is 32.0 Å². The van der Waals surface area contributed by atoms with Gasteiger partial charge in [-0.25, -0.2) is 4.57 Å². The second kappa shape index (κ2) is 33.7. The summed E-state index contributed by atoms with van der Waals surface area (Å²) in [6.07, 6.45) is 31.1. The molecule has 0 aliphatic rings.